The van der Waals surface area contributed by atoms with Crippen molar-refractivity contribution in [2.45, 2.75) is 48.7 Å². The highest BCUT2D eigenvalue weighted by molar-refractivity contribution is 8.01. The number of benzene rings is 2. The van der Waals surface area contributed by atoms with Crippen molar-refractivity contribution in [1.29, 1.82) is 0 Å². The predicted molar refractivity (Wildman–Crippen MR) is 159 cm³/mol. The Bertz CT molecular complexity index is 1530. The molecule has 2 aliphatic rings. The van der Waals surface area contributed by atoms with Crippen molar-refractivity contribution >= 4 is 51.0 Å². The summed E-state index contributed by atoms with van der Waals surface area (Å²) in [5.41, 5.74) is 0.894. The molecule has 43 heavy (non-hydrogen) atoms. The number of hydrogen-bond acceptors (Lipinski definition) is 8. The van der Waals surface area contributed by atoms with Crippen molar-refractivity contribution in [3.8, 4) is 11.5 Å². The summed E-state index contributed by atoms with van der Waals surface area (Å²) in [6.45, 7) is -2.48. The van der Waals surface area contributed by atoms with E-state index < -0.39 is 34.1 Å². The van der Waals surface area contributed by atoms with Gasteiger partial charge in [-0.25, -0.2) is 8.42 Å². The number of pyridine rings is 1. The van der Waals surface area contributed by atoms with E-state index in [2.05, 4.69) is 9.72 Å². The zero-order chi connectivity index (χ0) is 30.6. The molecule has 230 valence electrons. The second-order valence-corrected chi connectivity index (χ2v) is 14.1. The molecule has 2 heterocycles. The standard InChI is InChI=1S/C29H28Cl2F2N2O6S2/c30-22-15-34-16-23(31)21(22)13-25(19-8-9-24(41-29(32)33)26(12-19)39-17-18-6-7-18)40-28(36)14-27-35(10-11-42-27)43(37,38)20-4-2-1-3-5-20/h1-5,8-9,12,15-16,18,25,27,29H,6-7,10-11,13-14,17H2. The van der Waals surface area contributed by atoms with Crippen molar-refractivity contribution < 1.29 is 36.2 Å². The van der Waals surface area contributed by atoms with Gasteiger partial charge in [0.1, 0.15) is 6.10 Å². The first-order valence-corrected chi connectivity index (χ1v) is 16.7. The van der Waals surface area contributed by atoms with Gasteiger partial charge in [-0.1, -0.05) is 47.5 Å². The van der Waals surface area contributed by atoms with Crippen molar-refractivity contribution in [3.05, 3.63) is 82.1 Å². The van der Waals surface area contributed by atoms with E-state index in [9.17, 15) is 22.0 Å². The summed E-state index contributed by atoms with van der Waals surface area (Å²) in [5.74, 6) is 0.137. The average Bonchev–Trinajstić information content (AvgIpc) is 3.69. The third-order valence-electron chi connectivity index (χ3n) is 6.98. The summed E-state index contributed by atoms with van der Waals surface area (Å²) in [6.07, 6.45) is 3.63. The second-order valence-electron chi connectivity index (χ2n) is 10.1. The van der Waals surface area contributed by atoms with Crippen LogP contribution in [-0.4, -0.2) is 54.6 Å². The van der Waals surface area contributed by atoms with Gasteiger partial charge in [-0.2, -0.15) is 13.1 Å². The summed E-state index contributed by atoms with van der Waals surface area (Å²) < 4.78 is 70.5. The maximum absolute atomic E-state index is 13.4. The van der Waals surface area contributed by atoms with E-state index in [0.29, 0.717) is 29.4 Å². The number of aromatic nitrogens is 1. The van der Waals surface area contributed by atoms with E-state index in [4.69, 9.17) is 32.7 Å². The maximum Gasteiger partial charge on any atom is 0.387 e. The minimum Gasteiger partial charge on any atom is -0.489 e. The first kappa shape index (κ1) is 31.8. The molecule has 1 saturated carbocycles. The van der Waals surface area contributed by atoms with Crippen molar-refractivity contribution in [2.24, 2.45) is 5.92 Å². The largest absolute Gasteiger partial charge is 0.489 e. The molecule has 8 nitrogen and oxygen atoms in total. The molecule has 0 amide bonds. The Labute approximate surface area is 262 Å². The lowest BCUT2D eigenvalue weighted by atomic mass is 10.0. The van der Waals surface area contributed by atoms with Crippen LogP contribution in [0.4, 0.5) is 8.78 Å². The molecule has 2 fully saturated rings. The number of hydrogen-bond donors (Lipinski definition) is 0. The van der Waals surface area contributed by atoms with Gasteiger partial charge in [0.05, 0.1) is 33.3 Å². The summed E-state index contributed by atoms with van der Waals surface area (Å²) >= 11 is 14.1. The number of sulfonamides is 1. The van der Waals surface area contributed by atoms with Crippen LogP contribution >= 0.6 is 35.0 Å². The predicted octanol–water partition coefficient (Wildman–Crippen LogP) is 6.76. The fourth-order valence-corrected chi connectivity index (χ4v) is 8.33. The Morgan fingerprint density at radius 3 is 2.47 bits per heavy atom. The highest BCUT2D eigenvalue weighted by Crippen LogP contribution is 2.39. The molecule has 2 unspecified atom stereocenters. The van der Waals surface area contributed by atoms with Crippen LogP contribution in [0, 0.1) is 5.92 Å². The van der Waals surface area contributed by atoms with Gasteiger partial charge in [0, 0.05) is 31.1 Å². The molecule has 1 aliphatic carbocycles. The van der Waals surface area contributed by atoms with Crippen LogP contribution in [0.2, 0.25) is 10.0 Å². The zero-order valence-corrected chi connectivity index (χ0v) is 25.8. The Morgan fingerprint density at radius 2 is 1.79 bits per heavy atom. The van der Waals surface area contributed by atoms with Crippen LogP contribution in [0.5, 0.6) is 11.5 Å². The SMILES string of the molecule is O=C(CC1SCCN1S(=O)(=O)c1ccccc1)OC(Cc1c(Cl)cncc1Cl)c1ccc(OC(F)F)c(OCC2CC2)c1. The molecule has 14 heteroatoms. The number of esters is 1. The highest BCUT2D eigenvalue weighted by atomic mass is 35.5. The van der Waals surface area contributed by atoms with Crippen LogP contribution < -0.4 is 9.47 Å². The van der Waals surface area contributed by atoms with Gasteiger partial charge in [-0.15, -0.1) is 11.8 Å². The zero-order valence-electron chi connectivity index (χ0n) is 22.7. The molecular formula is C29H28Cl2F2N2O6S2. The molecule has 2 atom stereocenters. The van der Waals surface area contributed by atoms with Gasteiger partial charge in [0.25, 0.3) is 0 Å². The second kappa shape index (κ2) is 14.0. The number of rotatable bonds is 13. The lowest BCUT2D eigenvalue weighted by Gasteiger charge is -2.25. The molecule has 0 spiro atoms. The summed E-state index contributed by atoms with van der Waals surface area (Å²) in [7, 11) is -3.83. The third-order valence-corrected chi connectivity index (χ3v) is 10.9. The van der Waals surface area contributed by atoms with Crippen LogP contribution in [0.15, 0.2) is 65.8 Å². The number of carbonyl (C=O) groups is 1. The number of alkyl halides is 2. The normalized spacial score (nSPS) is 18.0. The fourth-order valence-electron chi connectivity index (χ4n) is 4.59. The van der Waals surface area contributed by atoms with E-state index >= 15 is 0 Å². The topological polar surface area (TPSA) is 95.0 Å². The molecule has 5 rings (SSSR count). The third kappa shape index (κ3) is 8.10. The molecule has 3 aromatic rings. The molecule has 2 aromatic carbocycles. The van der Waals surface area contributed by atoms with Crippen LogP contribution in [0.25, 0.3) is 0 Å². The summed E-state index contributed by atoms with van der Waals surface area (Å²) in [5, 5.41) is -0.170. The van der Waals surface area contributed by atoms with Gasteiger partial charge >= 0.3 is 12.6 Å². The first-order valence-electron chi connectivity index (χ1n) is 13.5. The number of nitrogens with zero attached hydrogens (tertiary/aromatic N) is 2. The number of halogens is 4. The van der Waals surface area contributed by atoms with Gasteiger partial charge < -0.3 is 14.2 Å². The Morgan fingerprint density at radius 1 is 1.07 bits per heavy atom. The molecule has 0 radical (unpaired) electrons. The monoisotopic (exact) mass is 672 g/mol. The molecular weight excluding hydrogens is 645 g/mol. The fraction of sp³-hybridized carbons (Fsp3) is 0.379. The quantitative estimate of drug-likeness (QED) is 0.184. The maximum atomic E-state index is 13.4. The van der Waals surface area contributed by atoms with Crippen LogP contribution in [0.1, 0.15) is 36.5 Å². The molecule has 1 saturated heterocycles. The lowest BCUT2D eigenvalue weighted by molar-refractivity contribution is -0.149. The Hall–Kier alpha value is -2.64. The minimum absolute atomic E-state index is 0.0346. The number of thioether (sulfide) groups is 1. The summed E-state index contributed by atoms with van der Waals surface area (Å²) in [6, 6.07) is 12.4. The average molecular weight is 674 g/mol. The molecule has 0 N–H and O–H groups in total. The van der Waals surface area contributed by atoms with Gasteiger partial charge in [0.2, 0.25) is 10.0 Å². The minimum atomic E-state index is -3.83. The van der Waals surface area contributed by atoms with E-state index in [1.165, 1.54) is 58.8 Å². The van der Waals surface area contributed by atoms with E-state index in [-0.39, 0.29) is 45.8 Å². The van der Waals surface area contributed by atoms with Crippen molar-refractivity contribution in [3.63, 3.8) is 0 Å². The van der Waals surface area contributed by atoms with Crippen LogP contribution in [0.3, 0.4) is 0 Å². The van der Waals surface area contributed by atoms with E-state index in [1.807, 2.05) is 0 Å². The van der Waals surface area contributed by atoms with E-state index in [1.54, 1.807) is 18.2 Å². The lowest BCUT2D eigenvalue weighted by Crippen LogP contribution is -2.36. The number of ether oxygens (including phenoxy) is 3. The molecule has 0 bridgehead atoms. The van der Waals surface area contributed by atoms with E-state index in [0.717, 1.165) is 12.8 Å². The smallest absolute Gasteiger partial charge is 0.387 e. The molecule has 1 aromatic heterocycles. The highest BCUT2D eigenvalue weighted by Gasteiger charge is 2.38. The van der Waals surface area contributed by atoms with Crippen molar-refractivity contribution in [2.75, 3.05) is 18.9 Å². The van der Waals surface area contributed by atoms with Gasteiger partial charge in [0.15, 0.2) is 11.5 Å². The number of carbonyl (C=O) groups excluding carboxylic acids is 1. The van der Waals surface area contributed by atoms with Gasteiger partial charge in [-0.3, -0.25) is 9.78 Å². The molecule has 1 aliphatic heterocycles. The van der Waals surface area contributed by atoms with Crippen LogP contribution in [-0.2, 0) is 26.0 Å². The van der Waals surface area contributed by atoms with Gasteiger partial charge in [-0.05, 0) is 54.2 Å². The first-order chi connectivity index (χ1) is 20.6. The summed E-state index contributed by atoms with van der Waals surface area (Å²) in [4.78, 5) is 17.5. The Balaban J connectivity index is 1.40. The van der Waals surface area contributed by atoms with Crippen molar-refractivity contribution in [1.82, 2.24) is 9.29 Å². The Kier molecular flexibility index (Phi) is 10.3.